The van der Waals surface area contributed by atoms with Gasteiger partial charge in [-0.1, -0.05) is 24.3 Å². The molecule has 2 N–H and O–H groups in total. The number of rotatable bonds is 5. The maximum absolute atomic E-state index is 12.5. The smallest absolute Gasteiger partial charge is 0.319 e. The first kappa shape index (κ1) is 21.4. The Bertz CT molecular complexity index is 1070. The van der Waals surface area contributed by atoms with Crippen LogP contribution in [-0.2, 0) is 4.79 Å². The molecule has 1 aliphatic heterocycles. The SMILES string of the molecule is Cc1nc(-c2cccc(NC(=O)NCC(=O)N3CCN(c4ccccc4)CC3)c2)oc1C. The molecule has 0 unspecified atom stereocenters. The van der Waals surface area contributed by atoms with Crippen molar-refractivity contribution in [3.05, 3.63) is 66.1 Å². The van der Waals surface area contributed by atoms with Crippen LogP contribution in [0.1, 0.15) is 11.5 Å². The number of oxazole rings is 1. The summed E-state index contributed by atoms with van der Waals surface area (Å²) in [5.41, 5.74) is 3.36. The van der Waals surface area contributed by atoms with E-state index in [1.807, 2.05) is 44.2 Å². The van der Waals surface area contributed by atoms with Crippen molar-refractivity contribution in [3.63, 3.8) is 0 Å². The van der Waals surface area contributed by atoms with Gasteiger partial charge in [-0.25, -0.2) is 9.78 Å². The quantitative estimate of drug-likeness (QED) is 0.643. The number of para-hydroxylation sites is 1. The van der Waals surface area contributed by atoms with Crippen LogP contribution in [0.25, 0.3) is 11.5 Å². The van der Waals surface area contributed by atoms with Crippen molar-refractivity contribution in [1.29, 1.82) is 0 Å². The number of amides is 3. The van der Waals surface area contributed by atoms with E-state index in [-0.39, 0.29) is 12.5 Å². The molecule has 2 aromatic carbocycles. The molecule has 166 valence electrons. The van der Waals surface area contributed by atoms with Crippen molar-refractivity contribution in [2.45, 2.75) is 13.8 Å². The zero-order chi connectivity index (χ0) is 22.5. The maximum atomic E-state index is 12.5. The summed E-state index contributed by atoms with van der Waals surface area (Å²) in [4.78, 5) is 33.2. The van der Waals surface area contributed by atoms with Crippen LogP contribution in [0.2, 0.25) is 0 Å². The third kappa shape index (κ3) is 5.08. The molecule has 1 aliphatic rings. The first-order valence-corrected chi connectivity index (χ1v) is 10.7. The van der Waals surface area contributed by atoms with E-state index < -0.39 is 6.03 Å². The molecule has 8 nitrogen and oxygen atoms in total. The van der Waals surface area contributed by atoms with E-state index in [9.17, 15) is 9.59 Å². The fraction of sp³-hybridized carbons (Fsp3) is 0.292. The van der Waals surface area contributed by atoms with Gasteiger partial charge in [0.1, 0.15) is 5.76 Å². The van der Waals surface area contributed by atoms with E-state index in [1.165, 1.54) is 0 Å². The second-order valence-corrected chi connectivity index (χ2v) is 7.75. The van der Waals surface area contributed by atoms with Crippen LogP contribution in [0.3, 0.4) is 0 Å². The van der Waals surface area contributed by atoms with Gasteiger partial charge < -0.3 is 24.9 Å². The number of aromatic nitrogens is 1. The minimum atomic E-state index is -0.432. The molecule has 4 rings (SSSR count). The summed E-state index contributed by atoms with van der Waals surface area (Å²) < 4.78 is 5.65. The second-order valence-electron chi connectivity index (χ2n) is 7.75. The van der Waals surface area contributed by atoms with Crippen LogP contribution in [0.15, 0.2) is 59.0 Å². The highest BCUT2D eigenvalue weighted by Crippen LogP contribution is 2.24. The molecule has 1 fully saturated rings. The van der Waals surface area contributed by atoms with Crippen molar-refractivity contribution >= 4 is 23.3 Å². The van der Waals surface area contributed by atoms with Crippen LogP contribution < -0.4 is 15.5 Å². The topological polar surface area (TPSA) is 90.7 Å². The van der Waals surface area contributed by atoms with E-state index in [4.69, 9.17) is 4.42 Å². The Labute approximate surface area is 187 Å². The van der Waals surface area contributed by atoms with E-state index in [1.54, 1.807) is 17.0 Å². The van der Waals surface area contributed by atoms with E-state index in [0.717, 1.165) is 35.8 Å². The summed E-state index contributed by atoms with van der Waals surface area (Å²) in [6.07, 6.45) is 0. The lowest BCUT2D eigenvalue weighted by molar-refractivity contribution is -0.130. The number of aryl methyl sites for hydroxylation is 2. The summed E-state index contributed by atoms with van der Waals surface area (Å²) >= 11 is 0. The number of hydrogen-bond acceptors (Lipinski definition) is 5. The van der Waals surface area contributed by atoms with Crippen molar-refractivity contribution in [3.8, 4) is 11.5 Å². The number of carbonyl (C=O) groups excluding carboxylic acids is 2. The molecule has 8 heteroatoms. The van der Waals surface area contributed by atoms with Gasteiger partial charge in [0.15, 0.2) is 0 Å². The Hall–Kier alpha value is -3.81. The minimum absolute atomic E-state index is 0.0466. The second kappa shape index (κ2) is 9.55. The molecular weight excluding hydrogens is 406 g/mol. The molecule has 0 radical (unpaired) electrons. The number of anilines is 2. The molecule has 0 aliphatic carbocycles. The van der Waals surface area contributed by atoms with Crippen LogP contribution in [-0.4, -0.2) is 54.5 Å². The lowest BCUT2D eigenvalue weighted by atomic mass is 10.2. The number of nitrogens with one attached hydrogen (secondary N) is 2. The van der Waals surface area contributed by atoms with E-state index in [0.29, 0.717) is 24.7 Å². The summed E-state index contributed by atoms with van der Waals surface area (Å²) in [6.45, 7) is 6.51. The van der Waals surface area contributed by atoms with Crippen molar-refractivity contribution in [2.24, 2.45) is 0 Å². The van der Waals surface area contributed by atoms with Crippen LogP contribution in [0.4, 0.5) is 16.2 Å². The average Bonchev–Trinajstić information content (AvgIpc) is 3.16. The number of nitrogens with zero attached hydrogens (tertiary/aromatic N) is 3. The Kier molecular flexibility index (Phi) is 6.39. The van der Waals surface area contributed by atoms with E-state index >= 15 is 0 Å². The first-order valence-electron chi connectivity index (χ1n) is 10.7. The lowest BCUT2D eigenvalue weighted by Gasteiger charge is -2.36. The fourth-order valence-corrected chi connectivity index (χ4v) is 3.62. The van der Waals surface area contributed by atoms with Gasteiger partial charge in [-0.15, -0.1) is 0 Å². The largest absolute Gasteiger partial charge is 0.441 e. The number of carbonyl (C=O) groups is 2. The van der Waals surface area contributed by atoms with Crippen LogP contribution >= 0.6 is 0 Å². The Morgan fingerprint density at radius 3 is 2.44 bits per heavy atom. The summed E-state index contributed by atoms with van der Waals surface area (Å²) in [6, 6.07) is 17.0. The third-order valence-corrected chi connectivity index (χ3v) is 5.55. The monoisotopic (exact) mass is 433 g/mol. The number of piperazine rings is 1. The lowest BCUT2D eigenvalue weighted by Crippen LogP contribution is -2.51. The summed E-state index contributed by atoms with van der Waals surface area (Å²) in [5, 5.41) is 5.41. The molecule has 32 heavy (non-hydrogen) atoms. The maximum Gasteiger partial charge on any atom is 0.319 e. The Morgan fingerprint density at radius 1 is 1.00 bits per heavy atom. The standard InChI is InChI=1S/C24H27N5O3/c1-17-18(2)32-23(26-17)19-7-6-8-20(15-19)27-24(31)25-16-22(30)29-13-11-28(12-14-29)21-9-4-3-5-10-21/h3-10,15H,11-14,16H2,1-2H3,(H2,25,27,31). The van der Waals surface area contributed by atoms with Gasteiger partial charge in [-0.05, 0) is 44.2 Å². The number of benzene rings is 2. The van der Waals surface area contributed by atoms with Gasteiger partial charge in [0.05, 0.1) is 12.2 Å². The van der Waals surface area contributed by atoms with E-state index in [2.05, 4.69) is 32.7 Å². The average molecular weight is 434 g/mol. The summed E-state index contributed by atoms with van der Waals surface area (Å²) in [7, 11) is 0. The highest BCUT2D eigenvalue weighted by atomic mass is 16.4. The van der Waals surface area contributed by atoms with Crippen molar-refractivity contribution in [1.82, 2.24) is 15.2 Å². The normalized spacial score (nSPS) is 13.7. The number of hydrogen-bond donors (Lipinski definition) is 2. The fourth-order valence-electron chi connectivity index (χ4n) is 3.62. The Balaban J connectivity index is 1.25. The summed E-state index contributed by atoms with van der Waals surface area (Å²) in [5.74, 6) is 1.18. The third-order valence-electron chi connectivity index (χ3n) is 5.55. The zero-order valence-electron chi connectivity index (χ0n) is 18.3. The van der Waals surface area contributed by atoms with Gasteiger partial charge in [0, 0.05) is 43.1 Å². The van der Waals surface area contributed by atoms with Gasteiger partial charge in [0.2, 0.25) is 11.8 Å². The predicted molar refractivity (Wildman–Crippen MR) is 124 cm³/mol. The van der Waals surface area contributed by atoms with Crippen molar-refractivity contribution in [2.75, 3.05) is 42.9 Å². The molecule has 2 heterocycles. The molecule has 0 spiro atoms. The van der Waals surface area contributed by atoms with Gasteiger partial charge in [-0.2, -0.15) is 0 Å². The molecule has 0 saturated carbocycles. The molecule has 1 aromatic heterocycles. The van der Waals surface area contributed by atoms with Gasteiger partial charge >= 0.3 is 6.03 Å². The number of urea groups is 1. The Morgan fingerprint density at radius 2 is 1.75 bits per heavy atom. The van der Waals surface area contributed by atoms with Crippen LogP contribution in [0, 0.1) is 13.8 Å². The molecule has 0 atom stereocenters. The van der Waals surface area contributed by atoms with Crippen molar-refractivity contribution < 1.29 is 14.0 Å². The van der Waals surface area contributed by atoms with Gasteiger partial charge in [-0.3, -0.25) is 4.79 Å². The van der Waals surface area contributed by atoms with Crippen LogP contribution in [0.5, 0.6) is 0 Å². The highest BCUT2D eigenvalue weighted by molar-refractivity contribution is 5.92. The molecule has 0 bridgehead atoms. The first-order chi connectivity index (χ1) is 15.5. The molecule has 1 saturated heterocycles. The minimum Gasteiger partial charge on any atom is -0.441 e. The predicted octanol–water partition coefficient (Wildman–Crippen LogP) is 3.43. The molecular formula is C24H27N5O3. The zero-order valence-corrected chi connectivity index (χ0v) is 18.3. The molecule has 3 amide bonds. The van der Waals surface area contributed by atoms with Gasteiger partial charge in [0.25, 0.3) is 0 Å². The molecule has 3 aromatic rings. The highest BCUT2D eigenvalue weighted by Gasteiger charge is 2.21.